The smallest absolute Gasteiger partial charge is 0.337 e. The molecule has 6 heteroatoms. The minimum Gasteiger partial charge on any atom is -0.497 e. The predicted molar refractivity (Wildman–Crippen MR) is 76.0 cm³/mol. The number of carboxylic acids is 1. The van der Waals surface area contributed by atoms with Crippen molar-refractivity contribution in [3.05, 3.63) is 23.8 Å². The molecule has 20 heavy (non-hydrogen) atoms. The van der Waals surface area contributed by atoms with Gasteiger partial charge in [0.1, 0.15) is 5.75 Å². The zero-order chi connectivity index (χ0) is 15.5. The Morgan fingerprint density at radius 1 is 1.35 bits per heavy atom. The van der Waals surface area contributed by atoms with Crippen LogP contribution in [0.15, 0.2) is 18.2 Å². The van der Waals surface area contributed by atoms with E-state index in [9.17, 15) is 9.59 Å². The Labute approximate surface area is 117 Å². The van der Waals surface area contributed by atoms with Crippen molar-refractivity contribution in [1.29, 1.82) is 0 Å². The van der Waals surface area contributed by atoms with Gasteiger partial charge in [0.05, 0.1) is 24.4 Å². The van der Waals surface area contributed by atoms with Crippen LogP contribution in [0, 0.1) is 5.41 Å². The molecule has 1 aromatic carbocycles. The fourth-order valence-electron chi connectivity index (χ4n) is 1.54. The summed E-state index contributed by atoms with van der Waals surface area (Å²) in [6, 6.07) is 3.66. The number of amides is 1. The average Bonchev–Trinajstić information content (AvgIpc) is 2.36. The molecular formula is C14H20N2O4. The van der Waals surface area contributed by atoms with Crippen LogP contribution in [-0.2, 0) is 4.79 Å². The maximum Gasteiger partial charge on any atom is 0.337 e. The highest BCUT2D eigenvalue weighted by molar-refractivity contribution is 6.02. The molecule has 0 aliphatic rings. The van der Waals surface area contributed by atoms with Gasteiger partial charge in [0.2, 0.25) is 5.91 Å². The van der Waals surface area contributed by atoms with E-state index in [2.05, 4.69) is 5.32 Å². The first-order valence-corrected chi connectivity index (χ1v) is 6.14. The zero-order valence-corrected chi connectivity index (χ0v) is 12.1. The van der Waals surface area contributed by atoms with E-state index in [1.807, 2.05) is 20.8 Å². The lowest BCUT2D eigenvalue weighted by Crippen LogP contribution is -2.45. The summed E-state index contributed by atoms with van der Waals surface area (Å²) in [4.78, 5) is 23.2. The zero-order valence-electron chi connectivity index (χ0n) is 12.1. The molecule has 1 unspecified atom stereocenters. The summed E-state index contributed by atoms with van der Waals surface area (Å²) >= 11 is 0. The van der Waals surface area contributed by atoms with Crippen LogP contribution in [0.25, 0.3) is 0 Å². The Bertz CT molecular complexity index is 520. The first kappa shape index (κ1) is 16.0. The highest BCUT2D eigenvalue weighted by atomic mass is 16.5. The van der Waals surface area contributed by atoms with Gasteiger partial charge < -0.3 is 20.9 Å². The molecule has 0 saturated heterocycles. The number of rotatable bonds is 4. The molecule has 1 atom stereocenters. The normalized spacial score (nSPS) is 12.7. The van der Waals surface area contributed by atoms with Crippen LogP contribution < -0.4 is 15.8 Å². The lowest BCUT2D eigenvalue weighted by atomic mass is 9.87. The van der Waals surface area contributed by atoms with Crippen molar-refractivity contribution in [3.8, 4) is 5.75 Å². The number of nitrogens with one attached hydrogen (secondary N) is 1. The maximum absolute atomic E-state index is 12.0. The number of carbonyl (C=O) groups is 2. The lowest BCUT2D eigenvalue weighted by molar-refractivity contribution is -0.119. The summed E-state index contributed by atoms with van der Waals surface area (Å²) < 4.78 is 4.97. The van der Waals surface area contributed by atoms with E-state index in [0.717, 1.165) is 0 Å². The Hall–Kier alpha value is -2.08. The van der Waals surface area contributed by atoms with Gasteiger partial charge in [0.25, 0.3) is 0 Å². The largest absolute Gasteiger partial charge is 0.497 e. The SMILES string of the molecule is COc1ccc(NC(=O)C(N)C(C)(C)C)c(C(=O)O)c1. The standard InChI is InChI=1S/C14H20N2O4/c1-14(2,3)11(15)12(17)16-10-6-5-8(20-4)7-9(10)13(18)19/h5-7,11H,15H2,1-4H3,(H,16,17)(H,18,19). The van der Waals surface area contributed by atoms with Gasteiger partial charge in [-0.15, -0.1) is 0 Å². The maximum atomic E-state index is 12.0. The summed E-state index contributed by atoms with van der Waals surface area (Å²) in [5, 5.41) is 11.7. The van der Waals surface area contributed by atoms with Crippen LogP contribution in [0.4, 0.5) is 5.69 Å². The van der Waals surface area contributed by atoms with E-state index in [1.165, 1.54) is 19.2 Å². The van der Waals surface area contributed by atoms with Crippen LogP contribution in [0.3, 0.4) is 0 Å². The van der Waals surface area contributed by atoms with Gasteiger partial charge in [-0.25, -0.2) is 4.79 Å². The average molecular weight is 280 g/mol. The molecule has 0 aromatic heterocycles. The van der Waals surface area contributed by atoms with Crippen molar-refractivity contribution in [3.63, 3.8) is 0 Å². The van der Waals surface area contributed by atoms with Gasteiger partial charge in [-0.2, -0.15) is 0 Å². The summed E-state index contributed by atoms with van der Waals surface area (Å²) in [7, 11) is 1.44. The van der Waals surface area contributed by atoms with Crippen molar-refractivity contribution >= 4 is 17.6 Å². The van der Waals surface area contributed by atoms with Crippen molar-refractivity contribution in [2.24, 2.45) is 11.1 Å². The third-order valence-electron chi connectivity index (χ3n) is 2.93. The van der Waals surface area contributed by atoms with Gasteiger partial charge in [0, 0.05) is 0 Å². The Morgan fingerprint density at radius 3 is 2.40 bits per heavy atom. The topological polar surface area (TPSA) is 102 Å². The second-order valence-electron chi connectivity index (χ2n) is 5.55. The number of nitrogens with two attached hydrogens (primary N) is 1. The van der Waals surface area contributed by atoms with E-state index in [-0.39, 0.29) is 11.3 Å². The summed E-state index contributed by atoms with van der Waals surface area (Å²) in [6.07, 6.45) is 0. The summed E-state index contributed by atoms with van der Waals surface area (Å²) in [6.45, 7) is 5.51. The first-order valence-electron chi connectivity index (χ1n) is 6.14. The van der Waals surface area contributed by atoms with Gasteiger partial charge in [0.15, 0.2) is 0 Å². The number of aromatic carboxylic acids is 1. The molecule has 110 valence electrons. The van der Waals surface area contributed by atoms with Crippen molar-refractivity contribution in [1.82, 2.24) is 0 Å². The highest BCUT2D eigenvalue weighted by Gasteiger charge is 2.28. The van der Waals surface area contributed by atoms with E-state index >= 15 is 0 Å². The van der Waals surface area contributed by atoms with E-state index < -0.39 is 23.3 Å². The molecule has 0 bridgehead atoms. The minimum absolute atomic E-state index is 0.0428. The molecule has 0 heterocycles. The number of ether oxygens (including phenoxy) is 1. The lowest BCUT2D eigenvalue weighted by Gasteiger charge is -2.26. The highest BCUT2D eigenvalue weighted by Crippen LogP contribution is 2.24. The van der Waals surface area contributed by atoms with Gasteiger partial charge in [-0.3, -0.25) is 4.79 Å². The molecule has 1 aromatic rings. The number of carbonyl (C=O) groups excluding carboxylic acids is 1. The number of benzene rings is 1. The molecule has 1 rings (SSSR count). The molecule has 0 fully saturated rings. The Balaban J connectivity index is 3.03. The summed E-state index contributed by atoms with van der Waals surface area (Å²) in [5.41, 5.74) is 5.58. The second-order valence-corrected chi connectivity index (χ2v) is 5.55. The van der Waals surface area contributed by atoms with Crippen LogP contribution in [0.2, 0.25) is 0 Å². The predicted octanol–water partition coefficient (Wildman–Crippen LogP) is 1.71. The second kappa shape index (κ2) is 5.92. The van der Waals surface area contributed by atoms with Gasteiger partial charge >= 0.3 is 5.97 Å². The van der Waals surface area contributed by atoms with E-state index in [4.69, 9.17) is 15.6 Å². The number of methoxy groups -OCH3 is 1. The number of carboxylic acid groups (broad SMARTS) is 1. The molecule has 0 saturated carbocycles. The molecule has 0 spiro atoms. The van der Waals surface area contributed by atoms with Crippen LogP contribution in [0.1, 0.15) is 31.1 Å². The molecule has 0 aliphatic heterocycles. The van der Waals surface area contributed by atoms with Crippen molar-refractivity contribution in [2.45, 2.75) is 26.8 Å². The Morgan fingerprint density at radius 2 is 1.95 bits per heavy atom. The molecule has 6 nitrogen and oxygen atoms in total. The third kappa shape index (κ3) is 3.71. The van der Waals surface area contributed by atoms with Gasteiger partial charge in [-0.1, -0.05) is 20.8 Å². The third-order valence-corrected chi connectivity index (χ3v) is 2.93. The summed E-state index contributed by atoms with van der Waals surface area (Å²) in [5.74, 6) is -1.17. The van der Waals surface area contributed by atoms with Crippen molar-refractivity contribution < 1.29 is 19.4 Å². The Kier molecular flexibility index (Phi) is 4.73. The van der Waals surface area contributed by atoms with Crippen LogP contribution in [0.5, 0.6) is 5.75 Å². The minimum atomic E-state index is -1.15. The molecule has 1 amide bonds. The number of hydrogen-bond donors (Lipinski definition) is 3. The number of anilines is 1. The van der Waals surface area contributed by atoms with E-state index in [1.54, 1.807) is 6.07 Å². The fraction of sp³-hybridized carbons (Fsp3) is 0.429. The molecular weight excluding hydrogens is 260 g/mol. The van der Waals surface area contributed by atoms with Crippen LogP contribution in [-0.4, -0.2) is 30.1 Å². The molecule has 0 aliphatic carbocycles. The quantitative estimate of drug-likeness (QED) is 0.779. The van der Waals surface area contributed by atoms with E-state index in [0.29, 0.717) is 5.75 Å². The van der Waals surface area contributed by atoms with Crippen molar-refractivity contribution in [2.75, 3.05) is 12.4 Å². The monoisotopic (exact) mass is 280 g/mol. The molecule has 0 radical (unpaired) electrons. The van der Waals surface area contributed by atoms with Crippen LogP contribution >= 0.6 is 0 Å². The number of hydrogen-bond acceptors (Lipinski definition) is 4. The molecule has 4 N–H and O–H groups in total. The van der Waals surface area contributed by atoms with Gasteiger partial charge in [-0.05, 0) is 23.6 Å². The first-order chi connectivity index (χ1) is 9.16. The fourth-order valence-corrected chi connectivity index (χ4v) is 1.54.